The minimum atomic E-state index is -0.635. The molecule has 0 radical (unpaired) electrons. The van der Waals surface area contributed by atoms with E-state index in [1.54, 1.807) is 41.6 Å². The number of amides is 2. The van der Waals surface area contributed by atoms with Gasteiger partial charge in [0.1, 0.15) is 5.84 Å². The molecule has 0 atom stereocenters. The predicted molar refractivity (Wildman–Crippen MR) is 100 cm³/mol. The lowest BCUT2D eigenvalue weighted by atomic mass is 9.86. The first-order valence-electron chi connectivity index (χ1n) is 8.76. The second-order valence-electron chi connectivity index (χ2n) is 7.29. The van der Waals surface area contributed by atoms with Gasteiger partial charge in [-0.25, -0.2) is 0 Å². The van der Waals surface area contributed by atoms with Crippen molar-refractivity contribution in [3.63, 3.8) is 0 Å². The summed E-state index contributed by atoms with van der Waals surface area (Å²) in [5.74, 6) is -0.363. The second-order valence-corrected chi connectivity index (χ2v) is 7.29. The molecule has 7 nitrogen and oxygen atoms in total. The average molecular weight is 364 g/mol. The molecule has 0 aliphatic carbocycles. The molecule has 2 aliphatic rings. The van der Waals surface area contributed by atoms with E-state index in [-0.39, 0.29) is 23.7 Å². The lowest BCUT2D eigenvalue weighted by Crippen LogP contribution is -2.52. The van der Waals surface area contributed by atoms with Gasteiger partial charge in [0.05, 0.1) is 24.7 Å². The van der Waals surface area contributed by atoms with Crippen molar-refractivity contribution in [1.29, 1.82) is 5.41 Å². The third kappa shape index (κ3) is 2.80. The molecular weight excluding hydrogens is 344 g/mol. The highest BCUT2D eigenvalue weighted by molar-refractivity contribution is 6.13. The van der Waals surface area contributed by atoms with Crippen molar-refractivity contribution in [2.45, 2.75) is 25.3 Å². The van der Waals surface area contributed by atoms with Crippen molar-refractivity contribution < 1.29 is 14.3 Å². The molecule has 2 aliphatic heterocycles. The molecule has 1 fully saturated rings. The monoisotopic (exact) mass is 364 g/mol. The van der Waals surface area contributed by atoms with Gasteiger partial charge in [-0.2, -0.15) is 0 Å². The van der Waals surface area contributed by atoms with Crippen molar-refractivity contribution in [2.24, 2.45) is 0 Å². The van der Waals surface area contributed by atoms with Crippen molar-refractivity contribution in [3.05, 3.63) is 59.4 Å². The largest absolute Gasteiger partial charge is 0.377 e. The van der Waals surface area contributed by atoms with Crippen LogP contribution in [0.25, 0.3) is 0 Å². The van der Waals surface area contributed by atoms with Gasteiger partial charge in [0.2, 0.25) is 5.91 Å². The summed E-state index contributed by atoms with van der Waals surface area (Å²) in [7, 11) is 0. The van der Waals surface area contributed by atoms with E-state index in [0.717, 1.165) is 11.3 Å². The lowest BCUT2D eigenvalue weighted by molar-refractivity contribution is -0.124. The van der Waals surface area contributed by atoms with Crippen molar-refractivity contribution >= 4 is 23.3 Å². The number of hydrogen-bond acceptors (Lipinski definition) is 5. The average Bonchev–Trinajstić information content (AvgIpc) is 2.82. The first kappa shape index (κ1) is 17.4. The highest BCUT2D eigenvalue weighted by atomic mass is 16.5. The van der Waals surface area contributed by atoms with E-state index in [9.17, 15) is 9.59 Å². The number of amidine groups is 1. The molecule has 2 aromatic rings. The Bertz CT molecular complexity index is 935. The molecule has 0 saturated carbocycles. The minimum Gasteiger partial charge on any atom is -0.377 e. The standard InChI is InChI=1S/C20H20N4O3/c1-20(2)15-4-3-13(9-16(15)24(19(20)26)14-10-27-11-14)18(25)23-17(21)12-5-7-22-8-6-12/h3-9,14H,10-11H2,1-2H3,(H2,21,23,25). The molecule has 1 aromatic heterocycles. The first-order valence-corrected chi connectivity index (χ1v) is 8.76. The van der Waals surface area contributed by atoms with Crippen LogP contribution in [-0.4, -0.2) is 41.9 Å². The molecule has 7 heteroatoms. The Hall–Kier alpha value is -3.06. The molecule has 0 unspecified atom stereocenters. The number of ether oxygens (including phenoxy) is 1. The fourth-order valence-electron chi connectivity index (χ4n) is 3.44. The molecule has 2 amide bonds. The van der Waals surface area contributed by atoms with Gasteiger partial charge in [0.25, 0.3) is 5.91 Å². The highest BCUT2D eigenvalue weighted by Crippen LogP contribution is 2.43. The summed E-state index contributed by atoms with van der Waals surface area (Å²) < 4.78 is 5.25. The number of carbonyl (C=O) groups excluding carboxylic acids is 2. The van der Waals surface area contributed by atoms with E-state index >= 15 is 0 Å². The summed E-state index contributed by atoms with van der Waals surface area (Å²) >= 11 is 0. The highest BCUT2D eigenvalue weighted by Gasteiger charge is 2.48. The number of carbonyl (C=O) groups is 2. The summed E-state index contributed by atoms with van der Waals surface area (Å²) in [6.07, 6.45) is 3.13. The molecule has 138 valence electrons. The Balaban J connectivity index is 1.62. The summed E-state index contributed by atoms with van der Waals surface area (Å²) in [4.78, 5) is 31.2. The van der Waals surface area contributed by atoms with Crippen LogP contribution in [0.5, 0.6) is 0 Å². The number of benzene rings is 1. The number of hydrogen-bond donors (Lipinski definition) is 2. The summed E-state index contributed by atoms with van der Waals surface area (Å²) in [5, 5.41) is 10.7. The topological polar surface area (TPSA) is 95.4 Å². The van der Waals surface area contributed by atoms with Crippen LogP contribution in [0, 0.1) is 5.41 Å². The Morgan fingerprint density at radius 2 is 1.93 bits per heavy atom. The summed E-state index contributed by atoms with van der Waals surface area (Å²) in [6, 6.07) is 8.58. The van der Waals surface area contributed by atoms with Crippen LogP contribution >= 0.6 is 0 Å². The number of pyridine rings is 1. The van der Waals surface area contributed by atoms with Crippen LogP contribution in [0.4, 0.5) is 5.69 Å². The van der Waals surface area contributed by atoms with Crippen LogP contribution in [0.2, 0.25) is 0 Å². The molecule has 4 rings (SSSR count). The molecule has 1 aromatic carbocycles. The fraction of sp³-hybridized carbons (Fsp3) is 0.300. The number of fused-ring (bicyclic) bond motifs is 1. The van der Waals surface area contributed by atoms with Crippen molar-refractivity contribution in [1.82, 2.24) is 10.3 Å². The van der Waals surface area contributed by atoms with Crippen molar-refractivity contribution in [2.75, 3.05) is 18.1 Å². The van der Waals surface area contributed by atoms with Crippen molar-refractivity contribution in [3.8, 4) is 0 Å². The lowest BCUT2D eigenvalue weighted by Gasteiger charge is -2.35. The third-order valence-electron chi connectivity index (χ3n) is 5.14. The second kappa shape index (κ2) is 6.28. The van der Waals surface area contributed by atoms with Crippen LogP contribution in [0.3, 0.4) is 0 Å². The Morgan fingerprint density at radius 3 is 2.56 bits per heavy atom. The molecule has 1 saturated heterocycles. The fourth-order valence-corrected chi connectivity index (χ4v) is 3.44. The molecular formula is C20H20N4O3. The van der Waals surface area contributed by atoms with Gasteiger partial charge < -0.3 is 15.0 Å². The van der Waals surface area contributed by atoms with Gasteiger partial charge >= 0.3 is 0 Å². The number of anilines is 1. The zero-order chi connectivity index (χ0) is 19.2. The van der Waals surface area contributed by atoms with Crippen LogP contribution in [-0.2, 0) is 14.9 Å². The number of rotatable bonds is 3. The van der Waals surface area contributed by atoms with E-state index in [0.29, 0.717) is 24.3 Å². The SMILES string of the molecule is CC1(C)C(=O)N(C2COC2)c2cc(C(=O)NC(=N)c3ccncc3)ccc21. The molecule has 2 N–H and O–H groups in total. The number of nitrogens with one attached hydrogen (secondary N) is 2. The van der Waals surface area contributed by atoms with E-state index in [2.05, 4.69) is 10.3 Å². The Morgan fingerprint density at radius 1 is 1.22 bits per heavy atom. The Labute approximate surface area is 156 Å². The normalized spacial score (nSPS) is 18.0. The third-order valence-corrected chi connectivity index (χ3v) is 5.14. The van der Waals surface area contributed by atoms with E-state index < -0.39 is 5.41 Å². The first-order chi connectivity index (χ1) is 12.9. The Kier molecular flexibility index (Phi) is 4.04. The van der Waals surface area contributed by atoms with Crippen LogP contribution in [0.15, 0.2) is 42.7 Å². The van der Waals surface area contributed by atoms with Gasteiger partial charge in [0.15, 0.2) is 0 Å². The predicted octanol–water partition coefficient (Wildman–Crippen LogP) is 1.86. The maximum Gasteiger partial charge on any atom is 0.256 e. The zero-order valence-electron chi connectivity index (χ0n) is 15.2. The molecule has 0 spiro atoms. The minimum absolute atomic E-state index is 0.00329. The molecule has 27 heavy (non-hydrogen) atoms. The van der Waals surface area contributed by atoms with Crippen LogP contribution < -0.4 is 10.2 Å². The molecule has 3 heterocycles. The van der Waals surface area contributed by atoms with Gasteiger partial charge in [-0.05, 0) is 43.7 Å². The van der Waals surface area contributed by atoms with Gasteiger partial charge in [-0.3, -0.25) is 20.0 Å². The summed E-state index contributed by atoms with van der Waals surface area (Å²) in [6.45, 7) is 4.80. The maximum atomic E-state index is 12.9. The zero-order valence-corrected chi connectivity index (χ0v) is 15.2. The van der Waals surface area contributed by atoms with E-state index in [4.69, 9.17) is 10.1 Å². The number of nitrogens with zero attached hydrogens (tertiary/aromatic N) is 2. The van der Waals surface area contributed by atoms with Gasteiger partial charge in [-0.1, -0.05) is 6.07 Å². The maximum absolute atomic E-state index is 12.9. The van der Waals surface area contributed by atoms with Gasteiger partial charge in [-0.15, -0.1) is 0 Å². The van der Waals surface area contributed by atoms with E-state index in [1.807, 2.05) is 19.9 Å². The van der Waals surface area contributed by atoms with Crippen LogP contribution in [0.1, 0.15) is 35.3 Å². The van der Waals surface area contributed by atoms with Gasteiger partial charge in [0, 0.05) is 29.2 Å². The number of aromatic nitrogens is 1. The molecule has 0 bridgehead atoms. The summed E-state index contributed by atoms with van der Waals surface area (Å²) in [5.41, 5.74) is 2.00. The van der Waals surface area contributed by atoms with E-state index in [1.165, 1.54) is 0 Å². The smallest absolute Gasteiger partial charge is 0.256 e. The quantitative estimate of drug-likeness (QED) is 0.642.